The van der Waals surface area contributed by atoms with Gasteiger partial charge in [-0.15, -0.1) is 4.73 Å². The second kappa shape index (κ2) is 6.81. The second-order valence-electron chi connectivity index (χ2n) is 6.99. The van der Waals surface area contributed by atoms with E-state index in [1.807, 2.05) is 30.3 Å². The summed E-state index contributed by atoms with van der Waals surface area (Å²) in [5.74, 6) is 0. The highest BCUT2D eigenvalue weighted by molar-refractivity contribution is 5.78. The molecule has 138 valence electrons. The summed E-state index contributed by atoms with van der Waals surface area (Å²) in [5.41, 5.74) is -0.132. The average Bonchev–Trinajstić information content (AvgIpc) is 2.94. The lowest BCUT2D eigenvalue weighted by Gasteiger charge is -2.24. The van der Waals surface area contributed by atoms with Gasteiger partial charge in [-0.25, -0.2) is 0 Å². The molecule has 0 aliphatic carbocycles. The normalized spacial score (nSPS) is 13.1. The zero-order valence-electron chi connectivity index (χ0n) is 14.9. The predicted molar refractivity (Wildman–Crippen MR) is 97.2 cm³/mol. The molecule has 0 radical (unpaired) electrons. The molecule has 8 heteroatoms. The summed E-state index contributed by atoms with van der Waals surface area (Å²) in [5, 5.41) is 27.4. The van der Waals surface area contributed by atoms with Gasteiger partial charge in [-0.3, -0.25) is 9.48 Å². The van der Waals surface area contributed by atoms with Crippen molar-refractivity contribution in [2.24, 2.45) is 0 Å². The van der Waals surface area contributed by atoms with Crippen molar-refractivity contribution in [3.05, 3.63) is 58.5 Å². The summed E-state index contributed by atoms with van der Waals surface area (Å²) in [6, 6.07) is 11.2. The third kappa shape index (κ3) is 4.04. The van der Waals surface area contributed by atoms with Crippen molar-refractivity contribution in [3.63, 3.8) is 0 Å². The van der Waals surface area contributed by atoms with Gasteiger partial charge in [0, 0.05) is 11.6 Å². The van der Waals surface area contributed by atoms with Gasteiger partial charge in [-0.05, 0) is 32.4 Å². The van der Waals surface area contributed by atoms with Crippen molar-refractivity contribution in [1.29, 1.82) is 0 Å². The molecule has 0 aliphatic heterocycles. The van der Waals surface area contributed by atoms with Crippen molar-refractivity contribution in [1.82, 2.24) is 14.5 Å². The minimum absolute atomic E-state index is 0.0102. The highest BCUT2D eigenvalue weighted by Gasteiger charge is 2.19. The topological polar surface area (TPSA) is 102 Å². The third-order valence-corrected chi connectivity index (χ3v) is 3.62. The van der Waals surface area contributed by atoms with Gasteiger partial charge in [0.05, 0.1) is 12.1 Å². The Morgan fingerprint density at radius 1 is 1.27 bits per heavy atom. The number of benzene rings is 1. The van der Waals surface area contributed by atoms with Crippen molar-refractivity contribution in [2.45, 2.75) is 39.3 Å². The van der Waals surface area contributed by atoms with Crippen LogP contribution >= 0.6 is 0 Å². The van der Waals surface area contributed by atoms with Crippen LogP contribution in [0.1, 0.15) is 26.3 Å². The van der Waals surface area contributed by atoms with Gasteiger partial charge in [-0.1, -0.05) is 30.3 Å². The lowest BCUT2D eigenvalue weighted by Crippen LogP contribution is -2.35. The summed E-state index contributed by atoms with van der Waals surface area (Å²) in [6.07, 6.45) is 0.330. The minimum Gasteiger partial charge on any atom is -0.423 e. The molecule has 8 nitrogen and oxygen atoms in total. The molecular formula is C18H22N4O4. The van der Waals surface area contributed by atoms with Crippen molar-refractivity contribution in [3.8, 4) is 0 Å². The number of hydrogen-bond acceptors (Lipinski definition) is 6. The van der Waals surface area contributed by atoms with Crippen LogP contribution in [0.2, 0.25) is 0 Å². The highest BCUT2D eigenvalue weighted by Crippen LogP contribution is 2.17. The van der Waals surface area contributed by atoms with E-state index >= 15 is 0 Å². The van der Waals surface area contributed by atoms with Crippen LogP contribution in [0.15, 0.2) is 47.4 Å². The molecule has 0 saturated carbocycles. The minimum atomic E-state index is -1.39. The number of nitrogens with zero attached hydrogens (tertiary/aromatic N) is 3. The predicted octanol–water partition coefficient (Wildman–Crippen LogP) is 1.99. The Morgan fingerprint density at radius 3 is 2.62 bits per heavy atom. The van der Waals surface area contributed by atoms with Crippen LogP contribution in [0.25, 0.3) is 11.0 Å². The van der Waals surface area contributed by atoms with E-state index in [4.69, 9.17) is 4.74 Å². The van der Waals surface area contributed by atoms with E-state index in [2.05, 4.69) is 10.4 Å². The Hall–Kier alpha value is -2.84. The number of anilines is 1. The lowest BCUT2D eigenvalue weighted by atomic mass is 10.2. The Bertz CT molecular complexity index is 957. The van der Waals surface area contributed by atoms with E-state index in [-0.39, 0.29) is 11.3 Å². The van der Waals surface area contributed by atoms with Crippen LogP contribution < -0.4 is 10.9 Å². The SMILES string of the molecule is CC(C)(C)OC(O)Nc1cc2cn(Cc3ccccc3)nc2n(O)c1=O. The first kappa shape index (κ1) is 18.0. The number of pyridine rings is 1. The number of nitrogens with one attached hydrogen (secondary N) is 1. The van der Waals surface area contributed by atoms with Gasteiger partial charge in [0.25, 0.3) is 0 Å². The Morgan fingerprint density at radius 2 is 1.96 bits per heavy atom. The smallest absolute Gasteiger partial charge is 0.308 e. The zero-order valence-corrected chi connectivity index (χ0v) is 14.9. The van der Waals surface area contributed by atoms with E-state index in [0.29, 0.717) is 16.7 Å². The molecule has 0 aliphatic rings. The molecule has 0 saturated heterocycles. The summed E-state index contributed by atoms with van der Waals surface area (Å²) in [7, 11) is 0. The highest BCUT2D eigenvalue weighted by atomic mass is 16.6. The molecule has 0 bridgehead atoms. The van der Waals surface area contributed by atoms with Gasteiger partial charge in [0.1, 0.15) is 5.69 Å². The van der Waals surface area contributed by atoms with Crippen LogP contribution in [0.3, 0.4) is 0 Å². The first-order valence-electron chi connectivity index (χ1n) is 8.22. The maximum Gasteiger partial charge on any atom is 0.308 e. The fraction of sp³-hybridized carbons (Fsp3) is 0.333. The number of aromatic nitrogens is 3. The molecule has 1 atom stereocenters. The zero-order chi connectivity index (χ0) is 18.9. The quantitative estimate of drug-likeness (QED) is 0.476. The molecule has 3 aromatic rings. The third-order valence-electron chi connectivity index (χ3n) is 3.62. The summed E-state index contributed by atoms with van der Waals surface area (Å²) in [4.78, 5) is 12.3. The van der Waals surface area contributed by atoms with E-state index in [9.17, 15) is 15.1 Å². The molecule has 3 rings (SSSR count). The summed E-state index contributed by atoms with van der Waals surface area (Å²) >= 11 is 0. The van der Waals surface area contributed by atoms with Crippen molar-refractivity contribution in [2.75, 3.05) is 5.32 Å². The van der Waals surface area contributed by atoms with Crippen LogP contribution in [0, 0.1) is 0 Å². The van der Waals surface area contributed by atoms with E-state index in [0.717, 1.165) is 5.56 Å². The largest absolute Gasteiger partial charge is 0.423 e. The molecule has 2 aromatic heterocycles. The molecule has 26 heavy (non-hydrogen) atoms. The van der Waals surface area contributed by atoms with Crippen LogP contribution in [-0.2, 0) is 11.3 Å². The fourth-order valence-corrected chi connectivity index (χ4v) is 2.57. The van der Waals surface area contributed by atoms with Crippen LogP contribution in [0.5, 0.6) is 0 Å². The number of aliphatic hydroxyl groups is 1. The maximum atomic E-state index is 12.3. The standard InChI is InChI=1S/C18H22N4O4/c1-18(2,3)26-17(24)19-14-9-13-11-21(10-12-7-5-4-6-8-12)20-15(13)22(25)16(14)23/h4-9,11,17,19,24-25H,10H2,1-3H3. The number of hydrogen-bond donors (Lipinski definition) is 3. The van der Waals surface area contributed by atoms with Gasteiger partial charge in [0.2, 0.25) is 12.1 Å². The van der Waals surface area contributed by atoms with Crippen LogP contribution in [0.4, 0.5) is 5.69 Å². The van der Waals surface area contributed by atoms with Crippen molar-refractivity contribution < 1.29 is 15.1 Å². The lowest BCUT2D eigenvalue weighted by molar-refractivity contribution is -0.148. The monoisotopic (exact) mass is 358 g/mol. The molecule has 1 aromatic carbocycles. The second-order valence-corrected chi connectivity index (χ2v) is 6.99. The number of rotatable bonds is 5. The van der Waals surface area contributed by atoms with Gasteiger partial charge in [0.15, 0.2) is 0 Å². The molecular weight excluding hydrogens is 336 g/mol. The van der Waals surface area contributed by atoms with E-state index < -0.39 is 17.6 Å². The van der Waals surface area contributed by atoms with E-state index in [1.54, 1.807) is 31.6 Å². The Balaban J connectivity index is 1.90. The molecule has 0 fully saturated rings. The van der Waals surface area contributed by atoms with Gasteiger partial charge >= 0.3 is 5.56 Å². The Labute approximate surface area is 150 Å². The first-order chi connectivity index (χ1) is 12.2. The van der Waals surface area contributed by atoms with Gasteiger partial charge < -0.3 is 20.4 Å². The maximum absolute atomic E-state index is 12.3. The fourth-order valence-electron chi connectivity index (χ4n) is 2.57. The van der Waals surface area contributed by atoms with E-state index in [1.165, 1.54) is 6.07 Å². The summed E-state index contributed by atoms with van der Waals surface area (Å²) in [6.45, 7) is 5.83. The van der Waals surface area contributed by atoms with Crippen molar-refractivity contribution >= 4 is 16.7 Å². The molecule has 2 heterocycles. The molecule has 0 spiro atoms. The number of fused-ring (bicyclic) bond motifs is 1. The number of aliphatic hydroxyl groups excluding tert-OH is 1. The summed E-state index contributed by atoms with van der Waals surface area (Å²) < 4.78 is 7.42. The number of ether oxygens (including phenoxy) is 1. The molecule has 0 amide bonds. The van der Waals surface area contributed by atoms with Gasteiger partial charge in [-0.2, -0.15) is 5.10 Å². The first-order valence-corrected chi connectivity index (χ1v) is 8.22. The Kier molecular flexibility index (Phi) is 4.71. The molecule has 1 unspecified atom stereocenters. The average molecular weight is 358 g/mol. The van der Waals surface area contributed by atoms with Crippen LogP contribution in [-0.4, -0.2) is 36.8 Å². The molecule has 3 N–H and O–H groups in total.